The Morgan fingerprint density at radius 1 is 1.35 bits per heavy atom. The van der Waals surface area contributed by atoms with Gasteiger partial charge in [-0.1, -0.05) is 13.8 Å². The lowest BCUT2D eigenvalue weighted by molar-refractivity contribution is 0.0908. The first-order valence-electron chi connectivity index (χ1n) is 5.80. The largest absolute Gasteiger partial charge is 0.399 e. The molecule has 0 aliphatic heterocycles. The van der Waals surface area contributed by atoms with Crippen LogP contribution in [0.2, 0.25) is 0 Å². The van der Waals surface area contributed by atoms with Crippen molar-refractivity contribution in [3.8, 4) is 0 Å². The molecule has 1 aromatic carbocycles. The van der Waals surface area contributed by atoms with Crippen LogP contribution < -0.4 is 11.1 Å². The van der Waals surface area contributed by atoms with Gasteiger partial charge in [-0.3, -0.25) is 4.79 Å². The minimum absolute atomic E-state index is 0.0428. The number of nitrogens with two attached hydrogens (primary N) is 1. The standard InChI is InChI=1S/C13H20N2O2/c1-9(2)7-12(8-16)15-13(17)10-3-5-11(14)6-4-10/h3-6,9,12,16H,7-8,14H2,1-2H3,(H,15,17). The summed E-state index contributed by atoms with van der Waals surface area (Å²) in [5, 5.41) is 12.0. The molecule has 0 spiro atoms. The van der Waals surface area contributed by atoms with Gasteiger partial charge < -0.3 is 16.2 Å². The lowest BCUT2D eigenvalue weighted by Crippen LogP contribution is -2.38. The van der Waals surface area contributed by atoms with Crippen LogP contribution in [0.15, 0.2) is 24.3 Å². The molecule has 4 nitrogen and oxygen atoms in total. The first kappa shape index (κ1) is 13.5. The molecule has 0 aromatic heterocycles. The second-order valence-corrected chi connectivity index (χ2v) is 4.60. The van der Waals surface area contributed by atoms with E-state index in [9.17, 15) is 9.90 Å². The summed E-state index contributed by atoms with van der Waals surface area (Å²) in [6.07, 6.45) is 0.761. The van der Waals surface area contributed by atoms with Crippen molar-refractivity contribution in [2.45, 2.75) is 26.3 Å². The van der Waals surface area contributed by atoms with Crippen LogP contribution in [0, 0.1) is 5.92 Å². The molecule has 0 saturated heterocycles. The highest BCUT2D eigenvalue weighted by molar-refractivity contribution is 5.94. The van der Waals surface area contributed by atoms with Crippen molar-refractivity contribution in [2.75, 3.05) is 12.3 Å². The van der Waals surface area contributed by atoms with Gasteiger partial charge in [0.25, 0.3) is 5.91 Å². The van der Waals surface area contributed by atoms with Gasteiger partial charge >= 0.3 is 0 Å². The number of aliphatic hydroxyl groups excluding tert-OH is 1. The lowest BCUT2D eigenvalue weighted by Gasteiger charge is -2.18. The van der Waals surface area contributed by atoms with E-state index in [1.54, 1.807) is 24.3 Å². The molecular weight excluding hydrogens is 216 g/mol. The minimum Gasteiger partial charge on any atom is -0.399 e. The highest BCUT2D eigenvalue weighted by Gasteiger charge is 2.14. The summed E-state index contributed by atoms with van der Waals surface area (Å²) in [5.74, 6) is 0.253. The Labute approximate surface area is 102 Å². The number of carbonyl (C=O) groups excluding carboxylic acids is 1. The fourth-order valence-corrected chi connectivity index (χ4v) is 1.65. The number of nitrogen functional groups attached to an aromatic ring is 1. The maximum absolute atomic E-state index is 11.8. The summed E-state index contributed by atoms with van der Waals surface area (Å²) in [6.45, 7) is 4.06. The molecule has 4 heteroatoms. The van der Waals surface area contributed by atoms with Crippen LogP contribution in [-0.4, -0.2) is 23.7 Å². The van der Waals surface area contributed by atoms with E-state index in [-0.39, 0.29) is 18.6 Å². The predicted molar refractivity (Wildman–Crippen MR) is 68.6 cm³/mol. The number of rotatable bonds is 5. The highest BCUT2D eigenvalue weighted by atomic mass is 16.3. The zero-order valence-electron chi connectivity index (χ0n) is 10.3. The molecule has 1 aromatic rings. The van der Waals surface area contributed by atoms with Crippen LogP contribution in [0.5, 0.6) is 0 Å². The van der Waals surface area contributed by atoms with Gasteiger partial charge in [0.1, 0.15) is 0 Å². The second-order valence-electron chi connectivity index (χ2n) is 4.60. The molecule has 0 radical (unpaired) electrons. The van der Waals surface area contributed by atoms with Crippen LogP contribution in [-0.2, 0) is 0 Å². The SMILES string of the molecule is CC(C)CC(CO)NC(=O)c1ccc(N)cc1. The zero-order chi connectivity index (χ0) is 12.8. The van der Waals surface area contributed by atoms with Crippen molar-refractivity contribution in [1.82, 2.24) is 5.32 Å². The third-order valence-electron chi connectivity index (χ3n) is 2.48. The van der Waals surface area contributed by atoms with E-state index in [0.29, 0.717) is 17.2 Å². The number of hydrogen-bond acceptors (Lipinski definition) is 3. The van der Waals surface area contributed by atoms with Crippen molar-refractivity contribution in [3.05, 3.63) is 29.8 Å². The van der Waals surface area contributed by atoms with Gasteiger partial charge in [-0.15, -0.1) is 0 Å². The van der Waals surface area contributed by atoms with Gasteiger partial charge in [-0.05, 0) is 36.6 Å². The summed E-state index contributed by atoms with van der Waals surface area (Å²) in [7, 11) is 0. The average Bonchev–Trinajstić information content (AvgIpc) is 2.28. The zero-order valence-corrected chi connectivity index (χ0v) is 10.3. The van der Waals surface area contributed by atoms with Crippen molar-refractivity contribution in [1.29, 1.82) is 0 Å². The topological polar surface area (TPSA) is 75.3 Å². The van der Waals surface area contributed by atoms with Gasteiger partial charge in [0.15, 0.2) is 0 Å². The number of nitrogens with one attached hydrogen (secondary N) is 1. The molecule has 1 unspecified atom stereocenters. The molecule has 94 valence electrons. The van der Waals surface area contributed by atoms with Gasteiger partial charge in [0.2, 0.25) is 0 Å². The summed E-state index contributed by atoms with van der Waals surface area (Å²) < 4.78 is 0. The molecule has 0 bridgehead atoms. The van der Waals surface area contributed by atoms with E-state index in [1.807, 2.05) is 0 Å². The molecule has 17 heavy (non-hydrogen) atoms. The van der Waals surface area contributed by atoms with E-state index >= 15 is 0 Å². The Morgan fingerprint density at radius 2 is 1.94 bits per heavy atom. The molecule has 0 aliphatic carbocycles. The van der Waals surface area contributed by atoms with Crippen LogP contribution in [0.3, 0.4) is 0 Å². The van der Waals surface area contributed by atoms with Gasteiger partial charge in [0, 0.05) is 11.3 Å². The first-order valence-corrected chi connectivity index (χ1v) is 5.80. The third kappa shape index (κ3) is 4.44. The Bertz CT molecular complexity index is 360. The molecule has 1 atom stereocenters. The highest BCUT2D eigenvalue weighted by Crippen LogP contribution is 2.08. The fourth-order valence-electron chi connectivity index (χ4n) is 1.65. The van der Waals surface area contributed by atoms with E-state index in [4.69, 9.17) is 5.73 Å². The molecule has 4 N–H and O–H groups in total. The smallest absolute Gasteiger partial charge is 0.251 e. The summed E-state index contributed by atoms with van der Waals surface area (Å²) in [4.78, 5) is 11.8. The van der Waals surface area contributed by atoms with Crippen molar-refractivity contribution >= 4 is 11.6 Å². The molecule has 0 saturated carbocycles. The summed E-state index contributed by atoms with van der Waals surface area (Å²) >= 11 is 0. The van der Waals surface area contributed by atoms with E-state index in [2.05, 4.69) is 19.2 Å². The normalized spacial score (nSPS) is 12.5. The predicted octanol–water partition coefficient (Wildman–Crippen LogP) is 1.41. The second kappa shape index (κ2) is 6.25. The number of benzene rings is 1. The molecule has 0 heterocycles. The number of aliphatic hydroxyl groups is 1. The van der Waals surface area contributed by atoms with E-state index in [0.717, 1.165) is 6.42 Å². The van der Waals surface area contributed by atoms with Crippen LogP contribution in [0.4, 0.5) is 5.69 Å². The van der Waals surface area contributed by atoms with Crippen molar-refractivity contribution in [3.63, 3.8) is 0 Å². The van der Waals surface area contributed by atoms with Crippen LogP contribution in [0.1, 0.15) is 30.6 Å². The Hall–Kier alpha value is -1.55. The molecular formula is C13H20N2O2. The van der Waals surface area contributed by atoms with Gasteiger partial charge in [0.05, 0.1) is 12.6 Å². The molecule has 1 rings (SSSR count). The van der Waals surface area contributed by atoms with E-state index in [1.165, 1.54) is 0 Å². The van der Waals surface area contributed by atoms with Crippen molar-refractivity contribution < 1.29 is 9.90 Å². The van der Waals surface area contributed by atoms with E-state index < -0.39 is 0 Å². The third-order valence-corrected chi connectivity index (χ3v) is 2.48. The molecule has 0 aliphatic rings. The minimum atomic E-state index is -0.194. The number of amides is 1. The quantitative estimate of drug-likeness (QED) is 0.676. The maximum Gasteiger partial charge on any atom is 0.251 e. The number of hydrogen-bond donors (Lipinski definition) is 3. The fraction of sp³-hybridized carbons (Fsp3) is 0.462. The Kier molecular flexibility index (Phi) is 4.97. The average molecular weight is 236 g/mol. The Morgan fingerprint density at radius 3 is 2.41 bits per heavy atom. The summed E-state index contributed by atoms with van der Waals surface area (Å²) in [6, 6.07) is 6.53. The Balaban J connectivity index is 2.61. The van der Waals surface area contributed by atoms with Crippen LogP contribution >= 0.6 is 0 Å². The monoisotopic (exact) mass is 236 g/mol. The lowest BCUT2D eigenvalue weighted by atomic mass is 10.0. The molecule has 1 amide bonds. The number of carbonyl (C=O) groups is 1. The summed E-state index contributed by atoms with van der Waals surface area (Å²) in [5.41, 5.74) is 6.73. The van der Waals surface area contributed by atoms with Crippen molar-refractivity contribution in [2.24, 2.45) is 5.92 Å². The maximum atomic E-state index is 11.8. The van der Waals surface area contributed by atoms with Crippen LogP contribution in [0.25, 0.3) is 0 Å². The molecule has 0 fully saturated rings. The number of anilines is 1. The van der Waals surface area contributed by atoms with Gasteiger partial charge in [-0.2, -0.15) is 0 Å². The van der Waals surface area contributed by atoms with Gasteiger partial charge in [-0.25, -0.2) is 0 Å². The first-order chi connectivity index (χ1) is 8.02.